The Morgan fingerprint density at radius 2 is 2.00 bits per heavy atom. The van der Waals surface area contributed by atoms with Crippen molar-refractivity contribution < 1.29 is 5.11 Å². The third kappa shape index (κ3) is 3.18. The third-order valence-corrected chi connectivity index (χ3v) is 3.60. The number of phenols is 1. The van der Waals surface area contributed by atoms with E-state index in [1.54, 1.807) is 6.07 Å². The highest BCUT2D eigenvalue weighted by molar-refractivity contribution is 9.10. The molecule has 0 bridgehead atoms. The van der Waals surface area contributed by atoms with Gasteiger partial charge in [-0.25, -0.2) is 0 Å². The molecule has 0 atom stereocenters. The van der Waals surface area contributed by atoms with Crippen molar-refractivity contribution in [1.29, 1.82) is 0 Å². The quantitative estimate of drug-likeness (QED) is 0.854. The second-order valence-corrected chi connectivity index (χ2v) is 5.41. The Bertz CT molecular complexity index is 572. The van der Waals surface area contributed by atoms with Crippen LogP contribution in [-0.2, 0) is 6.54 Å². The Labute approximate surface area is 120 Å². The van der Waals surface area contributed by atoms with Crippen LogP contribution in [0.2, 0.25) is 5.02 Å². The number of halogens is 2. The van der Waals surface area contributed by atoms with E-state index in [1.807, 2.05) is 37.3 Å². The molecule has 0 aliphatic heterocycles. The highest BCUT2D eigenvalue weighted by Gasteiger charge is 2.02. The summed E-state index contributed by atoms with van der Waals surface area (Å²) >= 11 is 9.36. The van der Waals surface area contributed by atoms with E-state index in [4.69, 9.17) is 11.6 Å². The smallest absolute Gasteiger partial charge is 0.120 e. The van der Waals surface area contributed by atoms with Gasteiger partial charge in [-0.05, 0) is 48.9 Å². The van der Waals surface area contributed by atoms with E-state index in [2.05, 4.69) is 21.2 Å². The highest BCUT2D eigenvalue weighted by atomic mass is 79.9. The third-order valence-electron chi connectivity index (χ3n) is 2.68. The van der Waals surface area contributed by atoms with Crippen LogP contribution in [0.1, 0.15) is 11.1 Å². The molecule has 2 aromatic rings. The van der Waals surface area contributed by atoms with Crippen LogP contribution in [0.4, 0.5) is 5.69 Å². The van der Waals surface area contributed by atoms with Crippen LogP contribution >= 0.6 is 27.5 Å². The molecule has 0 heterocycles. The first-order valence-corrected chi connectivity index (χ1v) is 6.71. The first-order valence-electron chi connectivity index (χ1n) is 5.53. The number of phenolic OH excluding ortho intramolecular Hbond substituents is 1. The summed E-state index contributed by atoms with van der Waals surface area (Å²) in [5.74, 6) is 0.288. The van der Waals surface area contributed by atoms with Crippen LogP contribution in [0, 0.1) is 6.92 Å². The van der Waals surface area contributed by atoms with Gasteiger partial charge in [-0.2, -0.15) is 0 Å². The average molecular weight is 327 g/mol. The molecule has 0 fully saturated rings. The molecule has 0 saturated heterocycles. The summed E-state index contributed by atoms with van der Waals surface area (Å²) in [5.41, 5.74) is 2.85. The summed E-state index contributed by atoms with van der Waals surface area (Å²) in [7, 11) is 0. The van der Waals surface area contributed by atoms with Gasteiger partial charge in [0, 0.05) is 27.3 Å². The minimum Gasteiger partial charge on any atom is -0.508 e. The molecule has 2 rings (SSSR count). The Morgan fingerprint density at radius 1 is 1.22 bits per heavy atom. The van der Waals surface area contributed by atoms with Crippen molar-refractivity contribution >= 4 is 33.2 Å². The minimum atomic E-state index is 0.288. The van der Waals surface area contributed by atoms with Gasteiger partial charge in [0.15, 0.2) is 0 Å². The average Bonchev–Trinajstić information content (AvgIpc) is 2.34. The summed E-state index contributed by atoms with van der Waals surface area (Å²) in [6.45, 7) is 2.52. The molecule has 2 N–H and O–H groups in total. The van der Waals surface area contributed by atoms with Crippen LogP contribution in [0.3, 0.4) is 0 Å². The van der Waals surface area contributed by atoms with E-state index in [-0.39, 0.29) is 5.75 Å². The van der Waals surface area contributed by atoms with Gasteiger partial charge in [-0.15, -0.1) is 0 Å². The maximum Gasteiger partial charge on any atom is 0.120 e. The molecule has 0 saturated carbocycles. The Hall–Kier alpha value is -1.19. The molecule has 0 aliphatic rings. The Kier molecular flexibility index (Phi) is 4.15. The summed E-state index contributed by atoms with van der Waals surface area (Å²) < 4.78 is 0.949. The fourth-order valence-electron chi connectivity index (χ4n) is 1.65. The zero-order chi connectivity index (χ0) is 13.1. The molecule has 4 heteroatoms. The molecule has 0 unspecified atom stereocenters. The molecule has 18 heavy (non-hydrogen) atoms. The normalized spacial score (nSPS) is 10.4. The van der Waals surface area contributed by atoms with Gasteiger partial charge in [0.25, 0.3) is 0 Å². The number of hydrogen-bond donors (Lipinski definition) is 2. The number of rotatable bonds is 3. The zero-order valence-electron chi connectivity index (χ0n) is 9.87. The van der Waals surface area contributed by atoms with Crippen LogP contribution in [0.25, 0.3) is 0 Å². The second kappa shape index (κ2) is 5.63. The van der Waals surface area contributed by atoms with E-state index < -0.39 is 0 Å². The van der Waals surface area contributed by atoms with Crippen molar-refractivity contribution in [2.24, 2.45) is 0 Å². The molecule has 0 aliphatic carbocycles. The standard InChI is InChI=1S/C14H13BrClNO/c1-9-6-12(3-4-13(9)16)17-8-10-7-11(15)2-5-14(10)18/h2-7,17-18H,8H2,1H3. The van der Waals surface area contributed by atoms with E-state index in [0.29, 0.717) is 6.54 Å². The van der Waals surface area contributed by atoms with Gasteiger partial charge in [0.1, 0.15) is 5.75 Å². The fraction of sp³-hybridized carbons (Fsp3) is 0.143. The Morgan fingerprint density at radius 3 is 2.72 bits per heavy atom. The first kappa shape index (κ1) is 13.2. The van der Waals surface area contributed by atoms with Crippen LogP contribution in [0.15, 0.2) is 40.9 Å². The van der Waals surface area contributed by atoms with E-state index in [0.717, 1.165) is 26.3 Å². The van der Waals surface area contributed by atoms with Crippen LogP contribution in [0.5, 0.6) is 5.75 Å². The second-order valence-electron chi connectivity index (χ2n) is 4.09. The lowest BCUT2D eigenvalue weighted by atomic mass is 10.2. The van der Waals surface area contributed by atoms with Crippen molar-refractivity contribution in [3.8, 4) is 5.75 Å². The number of anilines is 1. The summed E-state index contributed by atoms with van der Waals surface area (Å²) in [6.07, 6.45) is 0. The lowest BCUT2D eigenvalue weighted by molar-refractivity contribution is 0.469. The van der Waals surface area contributed by atoms with Gasteiger partial charge < -0.3 is 10.4 Å². The number of aromatic hydroxyl groups is 1. The molecule has 0 spiro atoms. The van der Waals surface area contributed by atoms with Gasteiger partial charge in [-0.3, -0.25) is 0 Å². The SMILES string of the molecule is Cc1cc(NCc2cc(Br)ccc2O)ccc1Cl. The van der Waals surface area contributed by atoms with Gasteiger partial charge in [0.05, 0.1) is 0 Å². The maximum atomic E-state index is 9.73. The summed E-state index contributed by atoms with van der Waals surface area (Å²) in [5, 5.41) is 13.7. The lowest BCUT2D eigenvalue weighted by Crippen LogP contribution is -2.00. The number of nitrogens with one attached hydrogen (secondary N) is 1. The molecule has 0 radical (unpaired) electrons. The monoisotopic (exact) mass is 325 g/mol. The predicted molar refractivity (Wildman–Crippen MR) is 79.3 cm³/mol. The predicted octanol–water partition coefficient (Wildman–Crippen LogP) is 4.73. The molecule has 0 amide bonds. The highest BCUT2D eigenvalue weighted by Crippen LogP contribution is 2.24. The van der Waals surface area contributed by atoms with E-state index in [9.17, 15) is 5.11 Å². The molecule has 2 nitrogen and oxygen atoms in total. The van der Waals surface area contributed by atoms with Crippen molar-refractivity contribution in [1.82, 2.24) is 0 Å². The molecule has 94 valence electrons. The van der Waals surface area contributed by atoms with Crippen molar-refractivity contribution in [3.63, 3.8) is 0 Å². The van der Waals surface area contributed by atoms with Gasteiger partial charge in [-0.1, -0.05) is 27.5 Å². The van der Waals surface area contributed by atoms with Crippen molar-refractivity contribution in [3.05, 3.63) is 57.0 Å². The topological polar surface area (TPSA) is 32.3 Å². The minimum absolute atomic E-state index is 0.288. The number of hydrogen-bond acceptors (Lipinski definition) is 2. The Balaban J connectivity index is 2.11. The molecule has 2 aromatic carbocycles. The molecular weight excluding hydrogens is 314 g/mol. The van der Waals surface area contributed by atoms with E-state index in [1.165, 1.54) is 0 Å². The van der Waals surface area contributed by atoms with Gasteiger partial charge >= 0.3 is 0 Å². The number of benzene rings is 2. The summed E-state index contributed by atoms with van der Waals surface area (Å²) in [4.78, 5) is 0. The van der Waals surface area contributed by atoms with Crippen molar-refractivity contribution in [2.45, 2.75) is 13.5 Å². The fourth-order valence-corrected chi connectivity index (χ4v) is 2.17. The van der Waals surface area contributed by atoms with E-state index >= 15 is 0 Å². The maximum absolute atomic E-state index is 9.73. The zero-order valence-corrected chi connectivity index (χ0v) is 12.2. The lowest BCUT2D eigenvalue weighted by Gasteiger charge is -2.10. The molecular formula is C14H13BrClNO. The van der Waals surface area contributed by atoms with Gasteiger partial charge in [0.2, 0.25) is 0 Å². The largest absolute Gasteiger partial charge is 0.508 e. The van der Waals surface area contributed by atoms with Crippen LogP contribution < -0.4 is 5.32 Å². The van der Waals surface area contributed by atoms with Crippen LogP contribution in [-0.4, -0.2) is 5.11 Å². The van der Waals surface area contributed by atoms with Crippen molar-refractivity contribution in [2.75, 3.05) is 5.32 Å². The molecule has 0 aromatic heterocycles. The first-order chi connectivity index (χ1) is 8.56. The number of aryl methyl sites for hydroxylation is 1. The summed E-state index contributed by atoms with van der Waals surface area (Å²) in [6, 6.07) is 11.1.